The first-order valence-corrected chi connectivity index (χ1v) is 9.28. The van der Waals surface area contributed by atoms with Gasteiger partial charge in [-0.2, -0.15) is 0 Å². The second-order valence-corrected chi connectivity index (χ2v) is 7.40. The molecule has 4 heterocycles. The lowest BCUT2D eigenvalue weighted by Gasteiger charge is -2.35. The van der Waals surface area contributed by atoms with Crippen molar-refractivity contribution in [3.8, 4) is 0 Å². The lowest BCUT2D eigenvalue weighted by Crippen LogP contribution is -2.49. The summed E-state index contributed by atoms with van der Waals surface area (Å²) in [5.41, 5.74) is 1.08. The van der Waals surface area contributed by atoms with E-state index in [4.69, 9.17) is 4.74 Å². The Bertz CT molecular complexity index is 579. The minimum Gasteiger partial charge on any atom is -0.373 e. The van der Waals surface area contributed by atoms with E-state index in [-0.39, 0.29) is 12.0 Å². The van der Waals surface area contributed by atoms with E-state index >= 15 is 0 Å². The number of likely N-dealkylation sites (N-methyl/N-ethyl adjacent to an activating group) is 1. The number of aromatic nitrogens is 1. The minimum absolute atomic E-state index is 0.0419. The van der Waals surface area contributed by atoms with E-state index in [0.29, 0.717) is 24.6 Å². The molecule has 5 heteroatoms. The molecule has 4 rings (SSSR count). The predicted molar refractivity (Wildman–Crippen MR) is 91.4 cm³/mol. The van der Waals surface area contributed by atoms with Crippen LogP contribution in [-0.2, 0) is 9.53 Å². The highest BCUT2D eigenvalue weighted by molar-refractivity contribution is 5.80. The van der Waals surface area contributed by atoms with Crippen LogP contribution in [0.4, 0.5) is 0 Å². The number of amides is 1. The highest BCUT2D eigenvalue weighted by atomic mass is 16.5. The molecule has 5 nitrogen and oxygen atoms in total. The Labute approximate surface area is 144 Å². The zero-order valence-corrected chi connectivity index (χ0v) is 14.4. The molecular formula is C19H27N3O2. The molecule has 0 radical (unpaired) electrons. The summed E-state index contributed by atoms with van der Waals surface area (Å²) in [5.74, 6) is 0.261. The average Bonchev–Trinajstić information content (AvgIpc) is 3.34. The molecule has 3 aliphatic heterocycles. The molecule has 1 aromatic heterocycles. The molecule has 3 saturated heterocycles. The number of ether oxygens (including phenoxy) is 1. The molecule has 0 N–H and O–H groups in total. The highest BCUT2D eigenvalue weighted by Crippen LogP contribution is 2.38. The summed E-state index contributed by atoms with van der Waals surface area (Å²) < 4.78 is 5.93. The molecule has 2 unspecified atom stereocenters. The summed E-state index contributed by atoms with van der Waals surface area (Å²) in [6.07, 6.45) is 9.04. The van der Waals surface area contributed by atoms with Crippen molar-refractivity contribution < 1.29 is 9.53 Å². The predicted octanol–water partition coefficient (Wildman–Crippen LogP) is 2.24. The van der Waals surface area contributed by atoms with Crippen LogP contribution in [-0.4, -0.2) is 59.5 Å². The summed E-state index contributed by atoms with van der Waals surface area (Å²) in [4.78, 5) is 22.0. The zero-order valence-electron chi connectivity index (χ0n) is 14.4. The molecule has 130 valence electrons. The topological polar surface area (TPSA) is 45.7 Å². The van der Waals surface area contributed by atoms with E-state index in [9.17, 15) is 4.79 Å². The maximum absolute atomic E-state index is 13.3. The lowest BCUT2D eigenvalue weighted by atomic mass is 9.93. The summed E-state index contributed by atoms with van der Waals surface area (Å²) in [5, 5.41) is 0. The Morgan fingerprint density at radius 3 is 2.62 bits per heavy atom. The van der Waals surface area contributed by atoms with Gasteiger partial charge in [0, 0.05) is 37.6 Å². The van der Waals surface area contributed by atoms with Gasteiger partial charge in [-0.3, -0.25) is 9.78 Å². The van der Waals surface area contributed by atoms with Crippen molar-refractivity contribution in [2.24, 2.45) is 5.92 Å². The normalized spacial score (nSPS) is 34.1. The minimum atomic E-state index is -0.108. The fraction of sp³-hybridized carbons (Fsp3) is 0.684. The maximum Gasteiger partial charge on any atom is 0.229 e. The second-order valence-electron chi connectivity index (χ2n) is 7.40. The first-order chi connectivity index (χ1) is 11.8. The summed E-state index contributed by atoms with van der Waals surface area (Å²) in [7, 11) is 2.21. The Morgan fingerprint density at radius 2 is 1.88 bits per heavy atom. The van der Waals surface area contributed by atoms with Gasteiger partial charge >= 0.3 is 0 Å². The van der Waals surface area contributed by atoms with Crippen molar-refractivity contribution in [2.45, 2.75) is 50.3 Å². The van der Waals surface area contributed by atoms with Gasteiger partial charge in [0.05, 0.1) is 12.0 Å². The molecule has 0 spiro atoms. The Hall–Kier alpha value is -1.46. The van der Waals surface area contributed by atoms with Crippen LogP contribution in [0.25, 0.3) is 0 Å². The molecule has 0 bridgehead atoms. The van der Waals surface area contributed by atoms with E-state index in [1.165, 1.54) is 12.8 Å². The first kappa shape index (κ1) is 16.0. The van der Waals surface area contributed by atoms with Crippen LogP contribution < -0.4 is 0 Å². The van der Waals surface area contributed by atoms with Gasteiger partial charge in [0.2, 0.25) is 5.91 Å². The van der Waals surface area contributed by atoms with Crippen LogP contribution in [0.15, 0.2) is 24.5 Å². The lowest BCUT2D eigenvalue weighted by molar-refractivity contribution is -0.139. The third-order valence-corrected chi connectivity index (χ3v) is 6.05. The molecule has 1 aromatic rings. The van der Waals surface area contributed by atoms with Crippen LogP contribution in [0, 0.1) is 5.92 Å². The number of rotatable bonds is 3. The van der Waals surface area contributed by atoms with E-state index < -0.39 is 0 Å². The Kier molecular flexibility index (Phi) is 4.55. The second kappa shape index (κ2) is 6.81. The van der Waals surface area contributed by atoms with Gasteiger partial charge in [-0.1, -0.05) is 0 Å². The molecular weight excluding hydrogens is 302 g/mol. The van der Waals surface area contributed by atoms with Crippen LogP contribution in [0.3, 0.4) is 0 Å². The molecule has 4 atom stereocenters. The van der Waals surface area contributed by atoms with Crippen LogP contribution in [0.5, 0.6) is 0 Å². The molecule has 3 fully saturated rings. The molecule has 0 aromatic carbocycles. The van der Waals surface area contributed by atoms with E-state index in [2.05, 4.69) is 21.8 Å². The zero-order chi connectivity index (χ0) is 16.5. The monoisotopic (exact) mass is 329 g/mol. The number of hydrogen-bond acceptors (Lipinski definition) is 4. The SMILES string of the molecule is CN1CCCC1C1CCCN1C(=O)[C@@H]1CCO[C@H]1c1ccncc1. The smallest absolute Gasteiger partial charge is 0.229 e. The molecule has 1 amide bonds. The Morgan fingerprint density at radius 1 is 1.12 bits per heavy atom. The highest BCUT2D eigenvalue weighted by Gasteiger charge is 2.44. The van der Waals surface area contributed by atoms with Crippen LogP contribution >= 0.6 is 0 Å². The van der Waals surface area contributed by atoms with E-state index in [1.807, 2.05) is 12.1 Å². The van der Waals surface area contributed by atoms with Crippen molar-refractivity contribution in [1.82, 2.24) is 14.8 Å². The van der Waals surface area contributed by atoms with Gasteiger partial charge in [-0.25, -0.2) is 0 Å². The number of nitrogens with zero attached hydrogens (tertiary/aromatic N) is 3. The van der Waals surface area contributed by atoms with Gasteiger partial charge in [0.25, 0.3) is 0 Å². The van der Waals surface area contributed by atoms with Gasteiger partial charge in [0.15, 0.2) is 0 Å². The van der Waals surface area contributed by atoms with Crippen LogP contribution in [0.1, 0.15) is 43.8 Å². The van der Waals surface area contributed by atoms with Crippen molar-refractivity contribution in [3.05, 3.63) is 30.1 Å². The van der Waals surface area contributed by atoms with Gasteiger partial charge in [-0.05, 0) is 63.4 Å². The molecule has 0 aliphatic carbocycles. The first-order valence-electron chi connectivity index (χ1n) is 9.28. The third kappa shape index (κ3) is 2.84. The quantitative estimate of drug-likeness (QED) is 0.853. The summed E-state index contributed by atoms with van der Waals surface area (Å²) in [6, 6.07) is 4.88. The van der Waals surface area contributed by atoms with E-state index in [0.717, 1.165) is 37.9 Å². The van der Waals surface area contributed by atoms with Crippen molar-refractivity contribution in [3.63, 3.8) is 0 Å². The van der Waals surface area contributed by atoms with Crippen molar-refractivity contribution in [1.29, 1.82) is 0 Å². The van der Waals surface area contributed by atoms with Crippen molar-refractivity contribution >= 4 is 5.91 Å². The Balaban J connectivity index is 1.51. The van der Waals surface area contributed by atoms with Gasteiger partial charge < -0.3 is 14.5 Å². The summed E-state index contributed by atoms with van der Waals surface area (Å²) in [6.45, 7) is 2.74. The number of carbonyl (C=O) groups is 1. The van der Waals surface area contributed by atoms with Crippen molar-refractivity contribution in [2.75, 3.05) is 26.7 Å². The number of likely N-dealkylation sites (tertiary alicyclic amines) is 2. The van der Waals surface area contributed by atoms with Gasteiger partial charge in [-0.15, -0.1) is 0 Å². The number of carbonyl (C=O) groups excluding carboxylic acids is 1. The standard InChI is InChI=1S/C19H27N3O2/c1-21-11-2-4-16(21)17-5-3-12-22(17)19(23)15-8-13-24-18(15)14-6-9-20-10-7-14/h6-7,9-10,15-18H,2-5,8,11-13H2,1H3/t15-,16?,17?,18+/m1/s1. The third-order valence-electron chi connectivity index (χ3n) is 6.05. The maximum atomic E-state index is 13.3. The number of pyridine rings is 1. The van der Waals surface area contributed by atoms with E-state index in [1.54, 1.807) is 12.4 Å². The summed E-state index contributed by atoms with van der Waals surface area (Å²) >= 11 is 0. The molecule has 0 saturated carbocycles. The number of hydrogen-bond donors (Lipinski definition) is 0. The fourth-order valence-electron chi connectivity index (χ4n) is 4.83. The van der Waals surface area contributed by atoms with Gasteiger partial charge in [0.1, 0.15) is 0 Å². The molecule has 3 aliphatic rings. The molecule has 24 heavy (non-hydrogen) atoms. The van der Waals surface area contributed by atoms with Crippen LogP contribution in [0.2, 0.25) is 0 Å². The average molecular weight is 329 g/mol. The largest absolute Gasteiger partial charge is 0.373 e. The fourth-order valence-corrected chi connectivity index (χ4v) is 4.83.